The van der Waals surface area contributed by atoms with Crippen molar-refractivity contribution in [2.45, 2.75) is 32.7 Å². The van der Waals surface area contributed by atoms with Crippen molar-refractivity contribution < 1.29 is 9.95 Å². The van der Waals surface area contributed by atoms with Crippen molar-refractivity contribution in [1.29, 1.82) is 0 Å². The smallest absolute Gasteiger partial charge is 0.235 e. The van der Waals surface area contributed by atoms with Crippen LogP contribution in [0.2, 0.25) is 0 Å². The van der Waals surface area contributed by atoms with E-state index in [-0.39, 0.29) is 0 Å². The number of hydroxylamine groups is 1. The first-order valence-electron chi connectivity index (χ1n) is 11.8. The summed E-state index contributed by atoms with van der Waals surface area (Å²) in [6.45, 7) is 7.85. The number of rotatable bonds is 5. The number of nitrogens with zero attached hydrogens (tertiary/aromatic N) is 6. The van der Waals surface area contributed by atoms with Gasteiger partial charge in [0.1, 0.15) is 0 Å². The maximum atomic E-state index is 10.5. The quantitative estimate of drug-likeness (QED) is 0.501. The van der Waals surface area contributed by atoms with E-state index in [1.54, 1.807) is 6.20 Å². The summed E-state index contributed by atoms with van der Waals surface area (Å²) in [4.78, 5) is 18.8. The van der Waals surface area contributed by atoms with Crippen molar-refractivity contribution in [3.63, 3.8) is 0 Å². The lowest BCUT2D eigenvalue weighted by molar-refractivity contribution is -0.787. The highest BCUT2D eigenvalue weighted by Gasteiger charge is 2.28. The monoisotopic (exact) mass is 480 g/mol. The van der Waals surface area contributed by atoms with Gasteiger partial charge in [-0.3, -0.25) is 10.2 Å². The minimum absolute atomic E-state index is 0.346. The maximum absolute atomic E-state index is 10.5. The van der Waals surface area contributed by atoms with Crippen molar-refractivity contribution in [3.05, 3.63) is 57.7 Å². The molecule has 5 rings (SSSR count). The lowest BCUT2D eigenvalue weighted by atomic mass is 9.98. The Balaban J connectivity index is 1.33. The summed E-state index contributed by atoms with van der Waals surface area (Å²) in [5, 5.41) is 14.7. The molecular formula is C25H31ClN7O+. The van der Waals surface area contributed by atoms with E-state index in [9.17, 15) is 5.21 Å². The Labute approximate surface area is 205 Å². The van der Waals surface area contributed by atoms with E-state index in [1.807, 2.05) is 25.3 Å². The molecule has 3 aliphatic rings. The van der Waals surface area contributed by atoms with Crippen LogP contribution in [0.25, 0.3) is 6.08 Å². The van der Waals surface area contributed by atoms with Crippen LogP contribution in [0.5, 0.6) is 0 Å². The second-order valence-corrected chi connectivity index (χ2v) is 9.78. The number of pyridine rings is 1. The highest BCUT2D eigenvalue weighted by Crippen LogP contribution is 2.28. The topological polar surface area (TPSA) is 80.4 Å². The molecule has 0 amide bonds. The van der Waals surface area contributed by atoms with Crippen molar-refractivity contribution in [1.82, 2.24) is 24.8 Å². The van der Waals surface area contributed by atoms with E-state index in [0.717, 1.165) is 84.5 Å². The van der Waals surface area contributed by atoms with Gasteiger partial charge in [-0.1, -0.05) is 11.6 Å². The average molecular weight is 481 g/mol. The fraction of sp³-hybridized carbons (Fsp3) is 0.440. The van der Waals surface area contributed by atoms with Crippen molar-refractivity contribution in [2.75, 3.05) is 45.1 Å². The Hall–Kier alpha value is -2.81. The molecule has 9 heteroatoms. The zero-order valence-electron chi connectivity index (χ0n) is 19.8. The number of hydrogen-bond donors (Lipinski definition) is 2. The Morgan fingerprint density at radius 2 is 1.94 bits per heavy atom. The zero-order chi connectivity index (χ0) is 23.7. The lowest BCUT2D eigenvalue weighted by Crippen LogP contribution is -2.45. The summed E-state index contributed by atoms with van der Waals surface area (Å²) in [6, 6.07) is 2.15. The summed E-state index contributed by atoms with van der Waals surface area (Å²) < 4.78 is 1.28. The first-order chi connectivity index (χ1) is 16.4. The van der Waals surface area contributed by atoms with Crippen LogP contribution in [-0.2, 0) is 13.0 Å². The van der Waals surface area contributed by atoms with E-state index < -0.39 is 0 Å². The number of aryl methyl sites for hydroxylation is 1. The van der Waals surface area contributed by atoms with Gasteiger partial charge in [-0.2, -0.15) is 0 Å². The molecule has 0 aromatic carbocycles. The largest absolute Gasteiger partial charge is 0.323 e. The van der Waals surface area contributed by atoms with Crippen LogP contribution in [0.4, 0.5) is 11.6 Å². The normalized spacial score (nSPS) is 19.1. The van der Waals surface area contributed by atoms with E-state index in [4.69, 9.17) is 16.6 Å². The number of nitrogens with one attached hydrogen (secondary N) is 1. The first-order valence-corrected chi connectivity index (χ1v) is 12.2. The number of fused-ring (bicyclic) bond motifs is 2. The number of aromatic nitrogens is 3. The molecule has 2 aromatic heterocycles. The molecule has 1 fully saturated rings. The van der Waals surface area contributed by atoms with Crippen LogP contribution in [0.15, 0.2) is 35.1 Å². The zero-order valence-corrected chi connectivity index (χ0v) is 20.5. The number of hydrogen-bond acceptors (Lipinski definition) is 7. The molecule has 0 spiro atoms. The minimum Gasteiger partial charge on any atom is -0.323 e. The second kappa shape index (κ2) is 9.82. The third-order valence-corrected chi connectivity index (χ3v) is 7.07. The molecule has 0 atom stereocenters. The Kier molecular flexibility index (Phi) is 6.63. The number of likely N-dealkylation sites (N-methyl/N-ethyl adjacent to an activating group) is 1. The maximum Gasteiger partial charge on any atom is 0.235 e. The number of anilines is 2. The Bertz CT molecular complexity index is 1180. The fourth-order valence-electron chi connectivity index (χ4n) is 4.56. The predicted octanol–water partition coefficient (Wildman–Crippen LogP) is 3.37. The van der Waals surface area contributed by atoms with Gasteiger partial charge in [0.05, 0.1) is 22.6 Å². The van der Waals surface area contributed by atoms with E-state index in [1.165, 1.54) is 10.3 Å². The van der Waals surface area contributed by atoms with Gasteiger partial charge in [0.25, 0.3) is 0 Å². The standard InChI is InChI=1S/C25H31ClN7O/c1-17-22(11-18(14-27-17)5-6-32-9-7-31(2)8-10-32)29-25-28-15-20-16-33(34)24-4-3-21(26)12-19(24)13-23(20)30-25/h11-15,34H,3-10,16H2,1-2H3,(H,28,29,30)/q+1. The third-order valence-electron chi connectivity index (χ3n) is 6.77. The molecule has 0 saturated carbocycles. The second-order valence-electron chi connectivity index (χ2n) is 9.30. The summed E-state index contributed by atoms with van der Waals surface area (Å²) >= 11 is 6.27. The lowest BCUT2D eigenvalue weighted by Gasteiger charge is -2.32. The van der Waals surface area contributed by atoms with E-state index in [0.29, 0.717) is 18.9 Å². The van der Waals surface area contributed by atoms with Crippen molar-refractivity contribution in [3.8, 4) is 0 Å². The molecule has 2 aromatic rings. The molecule has 8 nitrogen and oxygen atoms in total. The number of halogens is 1. The van der Waals surface area contributed by atoms with Crippen LogP contribution in [0, 0.1) is 6.92 Å². The summed E-state index contributed by atoms with van der Waals surface area (Å²) in [5.41, 5.74) is 6.41. The van der Waals surface area contributed by atoms with Crippen molar-refractivity contribution >= 4 is 35.0 Å². The van der Waals surface area contributed by atoms with Crippen LogP contribution in [-0.4, -0.2) is 80.2 Å². The molecule has 178 valence electrons. The van der Waals surface area contributed by atoms with Gasteiger partial charge >= 0.3 is 0 Å². The van der Waals surface area contributed by atoms with Crippen LogP contribution in [0.1, 0.15) is 35.4 Å². The molecule has 0 bridgehead atoms. The highest BCUT2D eigenvalue weighted by atomic mass is 35.5. The number of allylic oxidation sites excluding steroid dienone is 3. The average Bonchev–Trinajstić information content (AvgIpc) is 2.95. The van der Waals surface area contributed by atoms with Gasteiger partial charge < -0.3 is 15.1 Å². The van der Waals surface area contributed by atoms with Gasteiger partial charge in [-0.05, 0) is 55.3 Å². The van der Waals surface area contributed by atoms with Crippen LogP contribution >= 0.6 is 11.6 Å². The van der Waals surface area contributed by atoms with Gasteiger partial charge in [-0.25, -0.2) is 9.97 Å². The molecule has 1 aliphatic carbocycles. The Morgan fingerprint density at radius 3 is 2.76 bits per heavy atom. The minimum atomic E-state index is 0.346. The molecular weight excluding hydrogens is 450 g/mol. The SMILES string of the molecule is Cc1ncc(CCN2CCN(C)CC2)cc1Nc1ncc2c(n1)C=C1C=C(Cl)CCC1=[N+](O)C2. The summed E-state index contributed by atoms with van der Waals surface area (Å²) in [5.74, 6) is 0.510. The van der Waals surface area contributed by atoms with E-state index >= 15 is 0 Å². The molecule has 4 heterocycles. The van der Waals surface area contributed by atoms with Crippen LogP contribution < -0.4 is 5.32 Å². The molecule has 2 aliphatic heterocycles. The van der Waals surface area contributed by atoms with Gasteiger partial charge in [0, 0.05) is 62.1 Å². The van der Waals surface area contributed by atoms with Crippen molar-refractivity contribution in [2.24, 2.45) is 0 Å². The highest BCUT2D eigenvalue weighted by molar-refractivity contribution is 6.31. The Morgan fingerprint density at radius 1 is 1.12 bits per heavy atom. The fourth-order valence-corrected chi connectivity index (χ4v) is 4.77. The number of piperazine rings is 1. The molecule has 2 N–H and O–H groups in total. The van der Waals surface area contributed by atoms with Crippen LogP contribution in [0.3, 0.4) is 0 Å². The predicted molar refractivity (Wildman–Crippen MR) is 134 cm³/mol. The first kappa shape index (κ1) is 23.0. The van der Waals surface area contributed by atoms with E-state index in [2.05, 4.69) is 38.2 Å². The molecule has 34 heavy (non-hydrogen) atoms. The summed E-state index contributed by atoms with van der Waals surface area (Å²) in [6.07, 6.45) is 10.0. The molecule has 0 unspecified atom stereocenters. The van der Waals surface area contributed by atoms with Gasteiger partial charge in [-0.15, -0.1) is 0 Å². The molecule has 1 saturated heterocycles. The van der Waals surface area contributed by atoms with Gasteiger partial charge in [0.15, 0.2) is 0 Å². The molecule has 0 radical (unpaired) electrons. The third kappa shape index (κ3) is 5.14. The van der Waals surface area contributed by atoms with Gasteiger partial charge in [0.2, 0.25) is 18.2 Å². The summed E-state index contributed by atoms with van der Waals surface area (Å²) in [7, 11) is 2.18.